The predicted octanol–water partition coefficient (Wildman–Crippen LogP) is 1.35. The topological polar surface area (TPSA) is 79.5 Å². The Labute approximate surface area is 124 Å². The largest absolute Gasteiger partial charge is 0.378 e. The number of benzene rings is 1. The Morgan fingerprint density at radius 3 is 2.62 bits per heavy atom. The number of hydrogen-bond donors (Lipinski definition) is 3. The maximum atomic E-state index is 12.0. The van der Waals surface area contributed by atoms with Crippen molar-refractivity contribution < 1.29 is 14.3 Å². The molecule has 2 amide bonds. The lowest BCUT2D eigenvalue weighted by Gasteiger charge is -2.23. The molecule has 0 saturated carbocycles. The molecule has 1 atom stereocenters. The quantitative estimate of drug-likeness (QED) is 0.765. The molecule has 0 radical (unpaired) electrons. The number of morpholine rings is 1. The Balaban J connectivity index is 1.87. The first kappa shape index (κ1) is 15.5. The first-order valence-electron chi connectivity index (χ1n) is 7.18. The third kappa shape index (κ3) is 5.17. The summed E-state index contributed by atoms with van der Waals surface area (Å²) >= 11 is 0. The molecule has 1 heterocycles. The van der Waals surface area contributed by atoms with E-state index in [1.807, 2.05) is 0 Å². The number of anilines is 2. The van der Waals surface area contributed by atoms with Crippen LogP contribution in [0.1, 0.15) is 19.8 Å². The first-order valence-corrected chi connectivity index (χ1v) is 7.18. The Morgan fingerprint density at radius 1 is 1.29 bits per heavy atom. The summed E-state index contributed by atoms with van der Waals surface area (Å²) in [7, 11) is 0. The third-order valence-corrected chi connectivity index (χ3v) is 3.18. The van der Waals surface area contributed by atoms with E-state index in [0.717, 1.165) is 6.54 Å². The molecule has 1 aromatic rings. The van der Waals surface area contributed by atoms with E-state index in [2.05, 4.69) is 16.0 Å². The Morgan fingerprint density at radius 2 is 2.00 bits per heavy atom. The van der Waals surface area contributed by atoms with Gasteiger partial charge >= 0.3 is 0 Å². The summed E-state index contributed by atoms with van der Waals surface area (Å²) in [5.74, 6) is -0.126. The number of rotatable bonds is 5. The van der Waals surface area contributed by atoms with Crippen molar-refractivity contribution in [3.05, 3.63) is 24.3 Å². The van der Waals surface area contributed by atoms with Crippen LogP contribution in [0.2, 0.25) is 0 Å². The second-order valence-electron chi connectivity index (χ2n) is 4.96. The van der Waals surface area contributed by atoms with Crippen LogP contribution in [-0.4, -0.2) is 37.6 Å². The Kier molecular flexibility index (Phi) is 5.71. The minimum Gasteiger partial charge on any atom is -0.378 e. The van der Waals surface area contributed by atoms with Gasteiger partial charge in [-0.2, -0.15) is 0 Å². The third-order valence-electron chi connectivity index (χ3n) is 3.18. The fraction of sp³-hybridized carbons (Fsp3) is 0.467. The Bertz CT molecular complexity index is 499. The number of nitrogens with one attached hydrogen (secondary N) is 3. The van der Waals surface area contributed by atoms with Crippen LogP contribution in [0, 0.1) is 0 Å². The van der Waals surface area contributed by atoms with Crippen LogP contribution in [-0.2, 0) is 14.3 Å². The van der Waals surface area contributed by atoms with E-state index in [9.17, 15) is 9.59 Å². The summed E-state index contributed by atoms with van der Waals surface area (Å²) in [6, 6.07) is 7.19. The molecule has 6 nitrogen and oxygen atoms in total. The Hall–Kier alpha value is -1.92. The van der Waals surface area contributed by atoms with Crippen LogP contribution < -0.4 is 16.0 Å². The summed E-state index contributed by atoms with van der Waals surface area (Å²) in [5.41, 5.74) is 1.35. The van der Waals surface area contributed by atoms with Gasteiger partial charge in [0.1, 0.15) is 0 Å². The summed E-state index contributed by atoms with van der Waals surface area (Å²) in [5, 5.41) is 8.84. The van der Waals surface area contributed by atoms with Crippen LogP contribution in [0.3, 0.4) is 0 Å². The molecule has 0 bridgehead atoms. The molecule has 1 unspecified atom stereocenters. The first-order chi connectivity index (χ1) is 10.2. The van der Waals surface area contributed by atoms with E-state index in [4.69, 9.17) is 4.74 Å². The van der Waals surface area contributed by atoms with Crippen molar-refractivity contribution in [1.29, 1.82) is 0 Å². The van der Waals surface area contributed by atoms with E-state index >= 15 is 0 Å². The zero-order chi connectivity index (χ0) is 15.1. The van der Waals surface area contributed by atoms with Gasteiger partial charge in [0.05, 0.1) is 13.2 Å². The lowest BCUT2D eigenvalue weighted by molar-refractivity contribution is -0.117. The van der Waals surface area contributed by atoms with E-state index < -0.39 is 0 Å². The molecular weight excluding hydrogens is 270 g/mol. The fourth-order valence-electron chi connectivity index (χ4n) is 2.11. The van der Waals surface area contributed by atoms with Gasteiger partial charge in [-0.15, -0.1) is 0 Å². The smallest absolute Gasteiger partial charge is 0.226 e. The summed E-state index contributed by atoms with van der Waals surface area (Å²) in [6.45, 7) is 3.81. The van der Waals surface area contributed by atoms with Gasteiger partial charge in [-0.1, -0.05) is 13.0 Å². The highest BCUT2D eigenvalue weighted by atomic mass is 16.5. The van der Waals surface area contributed by atoms with Gasteiger partial charge in [0, 0.05) is 36.8 Å². The van der Waals surface area contributed by atoms with Gasteiger partial charge in [0.15, 0.2) is 0 Å². The summed E-state index contributed by atoms with van der Waals surface area (Å²) < 4.78 is 5.32. The molecule has 0 spiro atoms. The molecule has 2 rings (SSSR count). The molecule has 0 aromatic heterocycles. The van der Waals surface area contributed by atoms with Crippen molar-refractivity contribution in [3.8, 4) is 0 Å². The van der Waals surface area contributed by atoms with E-state index in [1.165, 1.54) is 0 Å². The van der Waals surface area contributed by atoms with Crippen molar-refractivity contribution >= 4 is 23.2 Å². The van der Waals surface area contributed by atoms with Crippen molar-refractivity contribution in [3.63, 3.8) is 0 Å². The van der Waals surface area contributed by atoms with Crippen molar-refractivity contribution in [2.45, 2.75) is 25.8 Å². The van der Waals surface area contributed by atoms with E-state index in [0.29, 0.717) is 37.4 Å². The van der Waals surface area contributed by atoms with Gasteiger partial charge in [-0.25, -0.2) is 0 Å². The molecule has 3 N–H and O–H groups in total. The SMILES string of the molecule is CCC(=O)Nc1cccc(NC(=O)CC2COCCN2)c1. The normalized spacial score (nSPS) is 18.0. The monoisotopic (exact) mass is 291 g/mol. The van der Waals surface area contributed by atoms with Gasteiger partial charge in [-0.3, -0.25) is 9.59 Å². The van der Waals surface area contributed by atoms with Crippen LogP contribution >= 0.6 is 0 Å². The standard InChI is InChI=1S/C15H21N3O3/c1-2-14(19)17-11-4-3-5-12(8-11)18-15(20)9-13-10-21-7-6-16-13/h3-5,8,13,16H,2,6-7,9-10H2,1H3,(H,17,19)(H,18,20). The van der Waals surface area contributed by atoms with Gasteiger partial charge in [-0.05, 0) is 18.2 Å². The van der Waals surface area contributed by atoms with Crippen molar-refractivity contribution in [2.24, 2.45) is 0 Å². The molecule has 1 saturated heterocycles. The van der Waals surface area contributed by atoms with E-state index in [1.54, 1.807) is 31.2 Å². The molecule has 114 valence electrons. The van der Waals surface area contributed by atoms with Gasteiger partial charge in [0.2, 0.25) is 11.8 Å². The van der Waals surface area contributed by atoms with Crippen molar-refractivity contribution in [1.82, 2.24) is 5.32 Å². The number of carbonyl (C=O) groups is 2. The number of hydrogen-bond acceptors (Lipinski definition) is 4. The lowest BCUT2D eigenvalue weighted by Crippen LogP contribution is -2.43. The van der Waals surface area contributed by atoms with Crippen LogP contribution in [0.25, 0.3) is 0 Å². The minimum absolute atomic E-state index is 0.0537. The second kappa shape index (κ2) is 7.75. The summed E-state index contributed by atoms with van der Waals surface area (Å²) in [4.78, 5) is 23.3. The zero-order valence-corrected chi connectivity index (χ0v) is 12.1. The molecule has 21 heavy (non-hydrogen) atoms. The van der Waals surface area contributed by atoms with Gasteiger partial charge in [0.25, 0.3) is 0 Å². The maximum Gasteiger partial charge on any atom is 0.226 e. The number of amides is 2. The van der Waals surface area contributed by atoms with Gasteiger partial charge < -0.3 is 20.7 Å². The fourth-order valence-corrected chi connectivity index (χ4v) is 2.11. The summed E-state index contributed by atoms with van der Waals surface area (Å²) in [6.07, 6.45) is 0.787. The average molecular weight is 291 g/mol. The number of carbonyl (C=O) groups excluding carboxylic acids is 2. The van der Waals surface area contributed by atoms with Crippen LogP contribution in [0.15, 0.2) is 24.3 Å². The zero-order valence-electron chi connectivity index (χ0n) is 12.1. The lowest BCUT2D eigenvalue weighted by atomic mass is 10.2. The molecule has 1 aliphatic heterocycles. The maximum absolute atomic E-state index is 12.0. The molecule has 0 aliphatic carbocycles. The highest BCUT2D eigenvalue weighted by Gasteiger charge is 2.16. The van der Waals surface area contributed by atoms with E-state index in [-0.39, 0.29) is 17.9 Å². The van der Waals surface area contributed by atoms with Crippen LogP contribution in [0.4, 0.5) is 11.4 Å². The molecule has 1 aliphatic rings. The predicted molar refractivity (Wildman–Crippen MR) is 81.2 cm³/mol. The molecule has 1 aromatic carbocycles. The van der Waals surface area contributed by atoms with Crippen molar-refractivity contribution in [2.75, 3.05) is 30.4 Å². The van der Waals surface area contributed by atoms with Crippen LogP contribution in [0.5, 0.6) is 0 Å². The molecular formula is C15H21N3O3. The molecule has 6 heteroatoms. The molecule has 1 fully saturated rings. The number of ether oxygens (including phenoxy) is 1. The second-order valence-corrected chi connectivity index (χ2v) is 4.96. The highest BCUT2D eigenvalue weighted by Crippen LogP contribution is 2.16. The average Bonchev–Trinajstić information content (AvgIpc) is 2.48. The minimum atomic E-state index is -0.0723. The highest BCUT2D eigenvalue weighted by molar-refractivity contribution is 5.94.